The third-order valence-corrected chi connectivity index (χ3v) is 6.92. The van der Waals surface area contributed by atoms with Crippen molar-refractivity contribution < 1.29 is 14.0 Å². The Hall–Kier alpha value is -3.78. The number of nitrogens with one attached hydrogen (secondary N) is 3. The van der Waals surface area contributed by atoms with Crippen LogP contribution in [0.4, 0.5) is 26.2 Å². The topological polar surface area (TPSA) is 76.7 Å². The number of carbonyl (C=O) groups is 2. The van der Waals surface area contributed by atoms with Gasteiger partial charge in [-0.3, -0.25) is 4.79 Å². The Bertz CT molecular complexity index is 1270. The van der Waals surface area contributed by atoms with Gasteiger partial charge in [0.15, 0.2) is 0 Å². The number of rotatable bonds is 8. The molecule has 3 amide bonds. The average Bonchev–Trinajstić information content (AvgIpc) is 3.18. The number of benzene rings is 3. The third kappa shape index (κ3) is 7.86. The number of hydrogen-bond donors (Lipinski definition) is 3. The lowest BCUT2D eigenvalue weighted by molar-refractivity contribution is 0.0940. The lowest BCUT2D eigenvalue weighted by atomic mass is 10.1. The number of urea groups is 1. The summed E-state index contributed by atoms with van der Waals surface area (Å²) >= 11 is 5.99. The fraction of sp³-hybridized carbons (Fsp3) is 0.333. The number of carbonyl (C=O) groups excluding carboxylic acids is 2. The van der Waals surface area contributed by atoms with E-state index >= 15 is 0 Å². The lowest BCUT2D eigenvalue weighted by Crippen LogP contribution is -2.42. The van der Waals surface area contributed by atoms with Gasteiger partial charge in [-0.1, -0.05) is 23.7 Å². The number of amides is 3. The molecule has 0 aliphatic carbocycles. The van der Waals surface area contributed by atoms with Crippen molar-refractivity contribution in [2.45, 2.75) is 32.7 Å². The summed E-state index contributed by atoms with van der Waals surface area (Å²) in [6.45, 7) is 7.15. The third-order valence-electron chi connectivity index (χ3n) is 6.67. The van der Waals surface area contributed by atoms with Gasteiger partial charge in [-0.15, -0.1) is 0 Å². The standard InChI is InChI=1S/C30H35ClFN5O2/c1-3-33-30(39)37-16-4-15-36(17-18-37)28-14-7-23(20-27(28)35-26-12-10-25(32)11-13-26)29(38)34-21(2)19-22-5-8-24(31)9-6-22/h5-14,20-21,35H,3-4,15-19H2,1-2H3,(H,33,39)(H,34,38). The van der Waals surface area contributed by atoms with Crippen LogP contribution in [0.25, 0.3) is 0 Å². The van der Waals surface area contributed by atoms with E-state index in [-0.39, 0.29) is 23.8 Å². The van der Waals surface area contributed by atoms with Crippen LogP contribution in [0, 0.1) is 5.82 Å². The molecule has 1 aliphatic rings. The fourth-order valence-corrected chi connectivity index (χ4v) is 4.82. The summed E-state index contributed by atoms with van der Waals surface area (Å²) in [6, 6.07) is 19.2. The Labute approximate surface area is 234 Å². The predicted octanol–water partition coefficient (Wildman–Crippen LogP) is 5.83. The highest BCUT2D eigenvalue weighted by atomic mass is 35.5. The minimum absolute atomic E-state index is 0.0521. The molecule has 9 heteroatoms. The van der Waals surface area contributed by atoms with Gasteiger partial charge in [0, 0.05) is 55.0 Å². The van der Waals surface area contributed by atoms with E-state index in [0.717, 1.165) is 29.9 Å². The molecule has 1 atom stereocenters. The van der Waals surface area contributed by atoms with Crippen molar-refractivity contribution in [1.29, 1.82) is 0 Å². The van der Waals surface area contributed by atoms with Gasteiger partial charge in [-0.05, 0) is 86.8 Å². The molecular weight excluding hydrogens is 517 g/mol. The van der Waals surface area contributed by atoms with Crippen molar-refractivity contribution >= 4 is 40.6 Å². The van der Waals surface area contributed by atoms with Crippen molar-refractivity contribution in [2.24, 2.45) is 0 Å². The highest BCUT2D eigenvalue weighted by molar-refractivity contribution is 6.30. The van der Waals surface area contributed by atoms with Crippen molar-refractivity contribution in [3.05, 3.63) is 88.7 Å². The molecule has 0 bridgehead atoms. The molecule has 0 saturated carbocycles. The van der Waals surface area contributed by atoms with Gasteiger partial charge in [0.1, 0.15) is 5.82 Å². The summed E-state index contributed by atoms with van der Waals surface area (Å²) in [5, 5.41) is 10.0. The smallest absolute Gasteiger partial charge is 0.317 e. The summed E-state index contributed by atoms with van der Waals surface area (Å²) in [6.07, 6.45) is 1.50. The number of nitrogens with zero attached hydrogens (tertiary/aromatic N) is 2. The van der Waals surface area contributed by atoms with E-state index in [4.69, 9.17) is 11.6 Å². The van der Waals surface area contributed by atoms with Gasteiger partial charge in [0.05, 0.1) is 11.4 Å². The SMILES string of the molecule is CCNC(=O)N1CCCN(c2ccc(C(=O)NC(C)Cc3ccc(Cl)cc3)cc2Nc2ccc(F)cc2)CC1. The van der Waals surface area contributed by atoms with Gasteiger partial charge >= 0.3 is 6.03 Å². The minimum atomic E-state index is -0.318. The van der Waals surface area contributed by atoms with Crippen LogP contribution in [-0.4, -0.2) is 55.6 Å². The second-order valence-electron chi connectivity index (χ2n) is 9.73. The van der Waals surface area contributed by atoms with Crippen molar-refractivity contribution in [2.75, 3.05) is 42.9 Å². The predicted molar refractivity (Wildman–Crippen MR) is 156 cm³/mol. The molecule has 3 aromatic rings. The second kappa shape index (κ2) is 13.3. The Morgan fingerprint density at radius 1 is 0.974 bits per heavy atom. The van der Waals surface area contributed by atoms with Crippen LogP contribution in [0.1, 0.15) is 36.2 Å². The molecule has 1 fully saturated rings. The van der Waals surface area contributed by atoms with Crippen LogP contribution in [0.3, 0.4) is 0 Å². The molecule has 0 aromatic heterocycles. The normalized spacial score (nSPS) is 14.4. The molecule has 39 heavy (non-hydrogen) atoms. The summed E-state index contributed by atoms with van der Waals surface area (Å²) in [5.41, 5.74) is 3.98. The first-order valence-corrected chi connectivity index (χ1v) is 13.7. The van der Waals surface area contributed by atoms with E-state index in [1.807, 2.05) is 61.2 Å². The number of halogens is 2. The van der Waals surface area contributed by atoms with Crippen LogP contribution < -0.4 is 20.9 Å². The maximum absolute atomic E-state index is 13.5. The van der Waals surface area contributed by atoms with Gasteiger partial charge in [-0.2, -0.15) is 0 Å². The van der Waals surface area contributed by atoms with E-state index in [0.29, 0.717) is 48.9 Å². The van der Waals surface area contributed by atoms with Crippen molar-refractivity contribution in [1.82, 2.24) is 15.5 Å². The van der Waals surface area contributed by atoms with Gasteiger partial charge in [0.2, 0.25) is 0 Å². The first kappa shape index (κ1) is 28.2. The first-order valence-electron chi connectivity index (χ1n) is 13.3. The fourth-order valence-electron chi connectivity index (χ4n) is 4.70. The largest absolute Gasteiger partial charge is 0.368 e. The highest BCUT2D eigenvalue weighted by Gasteiger charge is 2.22. The van der Waals surface area contributed by atoms with Crippen LogP contribution >= 0.6 is 11.6 Å². The Morgan fingerprint density at radius 2 is 1.72 bits per heavy atom. The number of anilines is 3. The highest BCUT2D eigenvalue weighted by Crippen LogP contribution is 2.31. The molecule has 0 radical (unpaired) electrons. The molecule has 4 rings (SSSR count). The lowest BCUT2D eigenvalue weighted by Gasteiger charge is -2.27. The number of hydrogen-bond acceptors (Lipinski definition) is 4. The van der Waals surface area contributed by atoms with Crippen molar-refractivity contribution in [3.8, 4) is 0 Å². The minimum Gasteiger partial charge on any atom is -0.368 e. The summed E-state index contributed by atoms with van der Waals surface area (Å²) < 4.78 is 13.5. The Kier molecular flexibility index (Phi) is 9.65. The molecule has 1 unspecified atom stereocenters. The van der Waals surface area contributed by atoms with Crippen LogP contribution in [0.15, 0.2) is 66.7 Å². The zero-order chi connectivity index (χ0) is 27.8. The summed E-state index contributed by atoms with van der Waals surface area (Å²) in [4.78, 5) is 29.6. The zero-order valence-electron chi connectivity index (χ0n) is 22.3. The molecule has 1 saturated heterocycles. The van der Waals surface area contributed by atoms with E-state index in [1.165, 1.54) is 12.1 Å². The van der Waals surface area contributed by atoms with Crippen LogP contribution in [0.5, 0.6) is 0 Å². The van der Waals surface area contributed by atoms with Gasteiger partial charge in [-0.25, -0.2) is 9.18 Å². The Morgan fingerprint density at radius 3 is 2.44 bits per heavy atom. The molecular formula is C30H35ClFN5O2. The van der Waals surface area contributed by atoms with Gasteiger partial charge in [0.25, 0.3) is 5.91 Å². The zero-order valence-corrected chi connectivity index (χ0v) is 23.1. The average molecular weight is 552 g/mol. The van der Waals surface area contributed by atoms with E-state index < -0.39 is 0 Å². The maximum Gasteiger partial charge on any atom is 0.317 e. The molecule has 1 aliphatic heterocycles. The first-order chi connectivity index (χ1) is 18.8. The van der Waals surface area contributed by atoms with Crippen LogP contribution in [-0.2, 0) is 6.42 Å². The van der Waals surface area contributed by atoms with E-state index in [2.05, 4.69) is 20.9 Å². The van der Waals surface area contributed by atoms with E-state index in [1.54, 1.807) is 12.1 Å². The summed E-state index contributed by atoms with van der Waals surface area (Å²) in [7, 11) is 0. The molecule has 3 N–H and O–H groups in total. The van der Waals surface area contributed by atoms with Crippen LogP contribution in [0.2, 0.25) is 5.02 Å². The maximum atomic E-state index is 13.5. The Balaban J connectivity index is 1.53. The molecule has 7 nitrogen and oxygen atoms in total. The molecule has 206 valence electrons. The molecule has 0 spiro atoms. The molecule has 1 heterocycles. The quantitative estimate of drug-likeness (QED) is 0.329. The van der Waals surface area contributed by atoms with E-state index in [9.17, 15) is 14.0 Å². The monoisotopic (exact) mass is 551 g/mol. The second-order valence-corrected chi connectivity index (χ2v) is 10.2. The van der Waals surface area contributed by atoms with Crippen molar-refractivity contribution in [3.63, 3.8) is 0 Å². The molecule has 3 aromatic carbocycles. The summed E-state index contributed by atoms with van der Waals surface area (Å²) in [5.74, 6) is -0.495. The van der Waals surface area contributed by atoms with Gasteiger partial charge < -0.3 is 25.8 Å².